The molecule has 4 rings (SSSR count). The van der Waals surface area contributed by atoms with Gasteiger partial charge in [0.05, 0.1) is 0 Å². The van der Waals surface area contributed by atoms with Crippen molar-refractivity contribution in [2.75, 3.05) is 0 Å². The second kappa shape index (κ2) is 7.75. The topological polar surface area (TPSA) is 0 Å². The van der Waals surface area contributed by atoms with Crippen molar-refractivity contribution in [1.29, 1.82) is 0 Å². The van der Waals surface area contributed by atoms with Crippen LogP contribution < -0.4 is 0 Å². The Bertz CT molecular complexity index is 769. The highest BCUT2D eigenvalue weighted by molar-refractivity contribution is 5.26. The number of rotatable bonds is 4. The number of fused-ring (bicyclic) bond motifs is 5. The molecule has 0 bridgehead atoms. The molecule has 0 aromatic carbocycles. The molecule has 32 heavy (non-hydrogen) atoms. The maximum Gasteiger partial charge on any atom is -0.00790 e. The summed E-state index contributed by atoms with van der Waals surface area (Å²) in [4.78, 5) is 0. The first-order chi connectivity index (χ1) is 14.7. The highest BCUT2D eigenvalue weighted by Gasteiger charge is 2.66. The van der Waals surface area contributed by atoms with E-state index in [-0.39, 0.29) is 0 Å². The van der Waals surface area contributed by atoms with Crippen LogP contribution in [0, 0.1) is 62.6 Å². The number of hydrogen-bond donors (Lipinski definition) is 0. The van der Waals surface area contributed by atoms with Gasteiger partial charge in [0, 0.05) is 0 Å². The summed E-state index contributed by atoms with van der Waals surface area (Å²) in [5.74, 6) is 4.81. The predicted molar refractivity (Wildman–Crippen MR) is 140 cm³/mol. The van der Waals surface area contributed by atoms with Crippen LogP contribution in [0.15, 0.2) is 24.3 Å². The Hall–Kier alpha value is -0.520. The van der Waals surface area contributed by atoms with Crippen LogP contribution in [-0.4, -0.2) is 0 Å². The molecule has 4 aliphatic rings. The standard InChI is InChI=1S/C32H54/c1-22(2)28(5,6)16-14-24(4)25-11-12-26-30(25,8)17-15-27-31(26,9)20-19-29(7)21-23(3)13-18-32(27,29)10/h14,16,19-20,22-27H,11-13,15,17-18,21H2,1-10H3/b16-14+/t23?,24?,25?,26?,27?,29-,30+,31+,32+/m0/s1. The first-order valence-corrected chi connectivity index (χ1v) is 14.1. The van der Waals surface area contributed by atoms with E-state index >= 15 is 0 Å². The third kappa shape index (κ3) is 3.43. The van der Waals surface area contributed by atoms with E-state index in [1.165, 1.54) is 44.9 Å². The molecule has 5 unspecified atom stereocenters. The fourth-order valence-corrected chi connectivity index (χ4v) is 9.57. The fraction of sp³-hybridized carbons (Fsp3) is 0.875. The molecule has 0 heteroatoms. The van der Waals surface area contributed by atoms with E-state index in [9.17, 15) is 0 Å². The molecule has 182 valence electrons. The molecule has 0 nitrogen and oxygen atoms in total. The van der Waals surface area contributed by atoms with Gasteiger partial charge < -0.3 is 0 Å². The van der Waals surface area contributed by atoms with Crippen molar-refractivity contribution in [1.82, 2.24) is 0 Å². The maximum absolute atomic E-state index is 2.77. The molecule has 9 atom stereocenters. The minimum absolute atomic E-state index is 0.292. The van der Waals surface area contributed by atoms with Crippen LogP contribution in [0.1, 0.15) is 114 Å². The van der Waals surface area contributed by atoms with Crippen LogP contribution >= 0.6 is 0 Å². The average Bonchev–Trinajstić information content (AvgIpc) is 3.06. The van der Waals surface area contributed by atoms with E-state index < -0.39 is 0 Å². The van der Waals surface area contributed by atoms with Crippen molar-refractivity contribution < 1.29 is 0 Å². The van der Waals surface area contributed by atoms with Crippen molar-refractivity contribution in [3.05, 3.63) is 24.3 Å². The van der Waals surface area contributed by atoms with Gasteiger partial charge in [-0.1, -0.05) is 100.0 Å². The zero-order valence-electron chi connectivity index (χ0n) is 23.2. The molecule has 0 radical (unpaired) electrons. The van der Waals surface area contributed by atoms with Crippen molar-refractivity contribution in [2.24, 2.45) is 62.6 Å². The monoisotopic (exact) mass is 438 g/mol. The Morgan fingerprint density at radius 3 is 2.22 bits per heavy atom. The largest absolute Gasteiger partial charge is 0.0849 e. The van der Waals surface area contributed by atoms with Crippen molar-refractivity contribution in [3.63, 3.8) is 0 Å². The highest BCUT2D eigenvalue weighted by Crippen LogP contribution is 2.73. The van der Waals surface area contributed by atoms with Gasteiger partial charge in [-0.2, -0.15) is 0 Å². The molecule has 0 spiro atoms. The first kappa shape index (κ1) is 24.6. The van der Waals surface area contributed by atoms with E-state index in [1.807, 2.05) is 0 Å². The summed E-state index contributed by atoms with van der Waals surface area (Å²) in [5, 5.41) is 0. The number of allylic oxidation sites excluding steroid dienone is 4. The fourth-order valence-electron chi connectivity index (χ4n) is 9.57. The first-order valence-electron chi connectivity index (χ1n) is 14.1. The van der Waals surface area contributed by atoms with Gasteiger partial charge in [-0.25, -0.2) is 0 Å². The van der Waals surface area contributed by atoms with Gasteiger partial charge in [0.15, 0.2) is 0 Å². The lowest BCUT2D eigenvalue weighted by atomic mass is 9.38. The SMILES string of the molecule is CC1CC[C@]2(C)C3CC[C@]4(C)C(C(C)/C=C/C(C)(C)C(C)C)CCC4[C@@]3(C)C=C[C@@]2(C)C1. The Balaban J connectivity index is 1.63. The molecule has 0 aromatic rings. The van der Waals surface area contributed by atoms with Crippen LogP contribution in [0.25, 0.3) is 0 Å². The Kier molecular flexibility index (Phi) is 5.95. The molecule has 0 N–H and O–H groups in total. The van der Waals surface area contributed by atoms with E-state index in [2.05, 4.69) is 93.5 Å². The quantitative estimate of drug-likeness (QED) is 0.383. The van der Waals surface area contributed by atoms with Gasteiger partial charge in [0.25, 0.3) is 0 Å². The molecule has 0 heterocycles. The Morgan fingerprint density at radius 1 is 0.875 bits per heavy atom. The van der Waals surface area contributed by atoms with Gasteiger partial charge in [-0.3, -0.25) is 0 Å². The van der Waals surface area contributed by atoms with Crippen molar-refractivity contribution in [3.8, 4) is 0 Å². The molecule has 0 aliphatic heterocycles. The van der Waals surface area contributed by atoms with Crippen LogP contribution in [-0.2, 0) is 0 Å². The summed E-state index contributed by atoms with van der Waals surface area (Å²) in [7, 11) is 0. The van der Waals surface area contributed by atoms with Crippen LogP contribution in [0.3, 0.4) is 0 Å². The Morgan fingerprint density at radius 2 is 1.56 bits per heavy atom. The summed E-state index contributed by atoms with van der Waals surface area (Å²) in [5.41, 5.74) is 2.05. The molecule has 0 amide bonds. The van der Waals surface area contributed by atoms with Gasteiger partial charge in [0.1, 0.15) is 0 Å². The Labute approximate surface area is 201 Å². The smallest absolute Gasteiger partial charge is 0.00790 e. The second-order valence-electron chi connectivity index (χ2n) is 14.9. The lowest BCUT2D eigenvalue weighted by Crippen LogP contribution is -2.59. The number of hydrogen-bond acceptors (Lipinski definition) is 0. The second-order valence-corrected chi connectivity index (χ2v) is 14.9. The van der Waals surface area contributed by atoms with E-state index in [0.717, 1.165) is 23.7 Å². The summed E-state index contributed by atoms with van der Waals surface area (Å²) in [6.45, 7) is 25.2. The van der Waals surface area contributed by atoms with Gasteiger partial charge >= 0.3 is 0 Å². The molecule has 3 fully saturated rings. The van der Waals surface area contributed by atoms with Gasteiger partial charge in [-0.05, 0) is 101 Å². The van der Waals surface area contributed by atoms with Gasteiger partial charge in [-0.15, -0.1) is 0 Å². The molecular weight excluding hydrogens is 384 g/mol. The molecule has 4 aliphatic carbocycles. The van der Waals surface area contributed by atoms with E-state index in [4.69, 9.17) is 0 Å². The summed E-state index contributed by atoms with van der Waals surface area (Å²) in [6, 6.07) is 0. The van der Waals surface area contributed by atoms with E-state index in [0.29, 0.717) is 38.9 Å². The average molecular weight is 439 g/mol. The summed E-state index contributed by atoms with van der Waals surface area (Å²) in [6.07, 6.45) is 20.7. The lowest BCUT2D eigenvalue weighted by molar-refractivity contribution is -0.141. The molecule has 0 aromatic heterocycles. The summed E-state index contributed by atoms with van der Waals surface area (Å²) >= 11 is 0. The minimum Gasteiger partial charge on any atom is -0.0849 e. The van der Waals surface area contributed by atoms with Gasteiger partial charge in [0.2, 0.25) is 0 Å². The molecule has 3 saturated carbocycles. The van der Waals surface area contributed by atoms with Crippen LogP contribution in [0.5, 0.6) is 0 Å². The third-order valence-corrected chi connectivity index (χ3v) is 12.6. The van der Waals surface area contributed by atoms with Crippen LogP contribution in [0.2, 0.25) is 0 Å². The maximum atomic E-state index is 2.77. The zero-order valence-corrected chi connectivity index (χ0v) is 23.2. The van der Waals surface area contributed by atoms with E-state index in [1.54, 1.807) is 0 Å². The highest BCUT2D eigenvalue weighted by atomic mass is 14.7. The summed E-state index contributed by atoms with van der Waals surface area (Å²) < 4.78 is 0. The molecular formula is C32H54. The van der Waals surface area contributed by atoms with Crippen molar-refractivity contribution in [2.45, 2.75) is 114 Å². The third-order valence-electron chi connectivity index (χ3n) is 12.6. The predicted octanol–water partition coefficient (Wildman–Crippen LogP) is 9.71. The lowest BCUT2D eigenvalue weighted by Gasteiger charge is -2.67. The van der Waals surface area contributed by atoms with Crippen molar-refractivity contribution >= 4 is 0 Å². The normalized spacial score (nSPS) is 49.7. The minimum atomic E-state index is 0.292. The van der Waals surface area contributed by atoms with Crippen LogP contribution in [0.4, 0.5) is 0 Å². The zero-order chi connectivity index (χ0) is 23.7. The molecule has 0 saturated heterocycles.